The second-order valence-electron chi connectivity index (χ2n) is 5.51. The number of aromatic nitrogens is 1. The maximum Gasteiger partial charge on any atom is 0.271 e. The maximum absolute atomic E-state index is 12.4. The Balaban J connectivity index is 1.77. The third kappa shape index (κ3) is 2.27. The maximum atomic E-state index is 12.4. The lowest BCUT2D eigenvalue weighted by Crippen LogP contribution is -1.98. The number of aromatic hydroxyl groups is 2. The topological polar surface area (TPSA) is 126 Å². The number of Topliss-reactive ketones (excluding diaryl/α,β-unsaturated/α-hetero) is 1. The summed E-state index contributed by atoms with van der Waals surface area (Å²) in [6, 6.07) is 6.65. The zero-order valence-electron chi connectivity index (χ0n) is 12.5. The fourth-order valence-electron chi connectivity index (χ4n) is 2.79. The Morgan fingerprint density at radius 3 is 2.76 bits per heavy atom. The molecule has 4 rings (SSSR count). The fraction of sp³-hybridized carbons (Fsp3) is 0. The quantitative estimate of drug-likeness (QED) is 0.374. The molecule has 0 fully saturated rings. The van der Waals surface area contributed by atoms with Crippen LogP contribution in [0.15, 0.2) is 42.3 Å². The molecule has 0 spiro atoms. The van der Waals surface area contributed by atoms with E-state index in [1.807, 2.05) is 0 Å². The van der Waals surface area contributed by atoms with E-state index in [4.69, 9.17) is 4.74 Å². The minimum atomic E-state index is -0.510. The second-order valence-corrected chi connectivity index (χ2v) is 5.51. The largest absolute Gasteiger partial charge is 0.508 e. The van der Waals surface area contributed by atoms with E-state index < -0.39 is 10.7 Å². The Morgan fingerprint density at radius 2 is 2.00 bits per heavy atom. The molecule has 3 aromatic rings. The minimum Gasteiger partial charge on any atom is -0.508 e. The summed E-state index contributed by atoms with van der Waals surface area (Å²) in [5.41, 5.74) is 1.09. The molecule has 1 aromatic heterocycles. The van der Waals surface area contributed by atoms with E-state index in [2.05, 4.69) is 4.98 Å². The van der Waals surface area contributed by atoms with Gasteiger partial charge in [0, 0.05) is 41.4 Å². The Bertz CT molecular complexity index is 1100. The van der Waals surface area contributed by atoms with E-state index in [0.29, 0.717) is 16.5 Å². The number of carbonyl (C=O) groups is 1. The molecule has 8 nitrogen and oxygen atoms in total. The van der Waals surface area contributed by atoms with Crippen LogP contribution in [0.2, 0.25) is 0 Å². The van der Waals surface area contributed by atoms with Crippen molar-refractivity contribution < 1.29 is 24.7 Å². The van der Waals surface area contributed by atoms with Gasteiger partial charge in [-0.05, 0) is 12.1 Å². The third-order valence-electron chi connectivity index (χ3n) is 3.93. The first-order valence-corrected chi connectivity index (χ1v) is 7.20. The van der Waals surface area contributed by atoms with E-state index in [1.165, 1.54) is 24.3 Å². The van der Waals surface area contributed by atoms with E-state index in [9.17, 15) is 25.1 Å². The summed E-state index contributed by atoms with van der Waals surface area (Å²) >= 11 is 0. The molecule has 0 amide bonds. The number of benzene rings is 2. The number of carbonyl (C=O) groups excluding carboxylic acids is 1. The van der Waals surface area contributed by atoms with E-state index >= 15 is 0 Å². The van der Waals surface area contributed by atoms with Crippen molar-refractivity contribution >= 4 is 28.4 Å². The molecule has 0 atom stereocenters. The number of allylic oxidation sites excluding steroid dienone is 1. The van der Waals surface area contributed by atoms with Crippen molar-refractivity contribution in [3.05, 3.63) is 63.5 Å². The van der Waals surface area contributed by atoms with Crippen molar-refractivity contribution in [2.45, 2.75) is 0 Å². The van der Waals surface area contributed by atoms with Crippen molar-refractivity contribution in [3.63, 3.8) is 0 Å². The summed E-state index contributed by atoms with van der Waals surface area (Å²) in [7, 11) is 0. The first kappa shape index (κ1) is 14.8. The second kappa shape index (κ2) is 5.10. The highest BCUT2D eigenvalue weighted by molar-refractivity contribution is 6.16. The number of phenolic OH excluding ortho intramolecular Hbond substituents is 2. The summed E-state index contributed by atoms with van der Waals surface area (Å²) in [4.78, 5) is 25.6. The van der Waals surface area contributed by atoms with Gasteiger partial charge < -0.3 is 19.9 Å². The lowest BCUT2D eigenvalue weighted by Gasteiger charge is -2.00. The molecule has 1 aliphatic heterocycles. The van der Waals surface area contributed by atoms with Crippen LogP contribution in [0.5, 0.6) is 17.2 Å². The van der Waals surface area contributed by atoms with Crippen LogP contribution >= 0.6 is 0 Å². The van der Waals surface area contributed by atoms with E-state index in [1.54, 1.807) is 12.3 Å². The molecule has 0 unspecified atom stereocenters. The third-order valence-corrected chi connectivity index (χ3v) is 3.93. The van der Waals surface area contributed by atoms with Crippen molar-refractivity contribution in [2.24, 2.45) is 0 Å². The highest BCUT2D eigenvalue weighted by Crippen LogP contribution is 2.40. The predicted octanol–water partition coefficient (Wildman–Crippen LogP) is 3.10. The smallest absolute Gasteiger partial charge is 0.271 e. The number of ketones is 1. The molecule has 2 aromatic carbocycles. The molecule has 2 heterocycles. The summed E-state index contributed by atoms with van der Waals surface area (Å²) in [5, 5.41) is 30.8. The van der Waals surface area contributed by atoms with Gasteiger partial charge in [-0.3, -0.25) is 14.9 Å². The molecule has 3 N–H and O–H groups in total. The van der Waals surface area contributed by atoms with Gasteiger partial charge in [-0.2, -0.15) is 0 Å². The molecule has 1 aliphatic rings. The standard InChI is InChI=1S/C17H10N2O6/c20-10-5-13(21)16-14(6-10)25-15(17(16)22)3-8-7-18-12-4-9(19(23)24)1-2-11(8)12/h1-7,18,20-21H. The zero-order chi connectivity index (χ0) is 17.7. The van der Waals surface area contributed by atoms with Crippen LogP contribution in [-0.4, -0.2) is 25.9 Å². The van der Waals surface area contributed by atoms with Crippen LogP contribution in [0.1, 0.15) is 15.9 Å². The van der Waals surface area contributed by atoms with Crippen molar-refractivity contribution in [2.75, 3.05) is 0 Å². The lowest BCUT2D eigenvalue weighted by molar-refractivity contribution is -0.384. The molecule has 25 heavy (non-hydrogen) atoms. The molecular weight excluding hydrogens is 328 g/mol. The SMILES string of the molecule is O=C1C(=Cc2c[nH]c3cc([N+](=O)[O-])ccc23)Oc2cc(O)cc(O)c21. The normalized spacial score (nSPS) is 14.7. The monoisotopic (exact) mass is 338 g/mol. The van der Waals surface area contributed by atoms with E-state index in [0.717, 1.165) is 6.07 Å². The average molecular weight is 338 g/mol. The summed E-state index contributed by atoms with van der Waals surface area (Å²) in [5.74, 6) is -1.04. The number of nitro benzene ring substituents is 1. The van der Waals surface area contributed by atoms with Crippen LogP contribution in [0.25, 0.3) is 17.0 Å². The summed E-state index contributed by atoms with van der Waals surface area (Å²) < 4.78 is 5.43. The van der Waals surface area contributed by atoms with Gasteiger partial charge >= 0.3 is 0 Å². The minimum absolute atomic E-state index is 0.0143. The van der Waals surface area contributed by atoms with Gasteiger partial charge in [0.15, 0.2) is 5.76 Å². The highest BCUT2D eigenvalue weighted by Gasteiger charge is 2.31. The number of fused-ring (bicyclic) bond motifs is 2. The highest BCUT2D eigenvalue weighted by atomic mass is 16.6. The Hall–Kier alpha value is -3.81. The van der Waals surface area contributed by atoms with Crippen molar-refractivity contribution in [3.8, 4) is 17.2 Å². The van der Waals surface area contributed by atoms with Gasteiger partial charge in [-0.25, -0.2) is 0 Å². The number of phenols is 2. The Kier molecular flexibility index (Phi) is 3.01. The van der Waals surface area contributed by atoms with Gasteiger partial charge in [0.25, 0.3) is 5.69 Å². The number of aromatic amines is 1. The molecule has 0 saturated carbocycles. The number of rotatable bonds is 2. The molecule has 124 valence electrons. The predicted molar refractivity (Wildman–Crippen MR) is 87.7 cm³/mol. The summed E-state index contributed by atoms with van der Waals surface area (Å²) in [6.07, 6.45) is 3.07. The number of H-pyrrole nitrogens is 1. The van der Waals surface area contributed by atoms with Gasteiger partial charge in [-0.15, -0.1) is 0 Å². The average Bonchev–Trinajstić information content (AvgIpc) is 3.09. The van der Waals surface area contributed by atoms with Gasteiger partial charge in [-0.1, -0.05) is 0 Å². The summed E-state index contributed by atoms with van der Waals surface area (Å²) in [6.45, 7) is 0. The number of nitrogens with one attached hydrogen (secondary N) is 1. The number of non-ortho nitro benzene ring substituents is 1. The lowest BCUT2D eigenvalue weighted by atomic mass is 10.1. The molecule has 8 heteroatoms. The van der Waals surface area contributed by atoms with Crippen LogP contribution in [0, 0.1) is 10.1 Å². The number of nitro groups is 1. The van der Waals surface area contributed by atoms with Crippen molar-refractivity contribution in [1.82, 2.24) is 4.98 Å². The van der Waals surface area contributed by atoms with Gasteiger partial charge in [0.1, 0.15) is 22.8 Å². The molecule has 0 bridgehead atoms. The van der Waals surface area contributed by atoms with Gasteiger partial charge in [0.2, 0.25) is 5.78 Å². The number of hydrogen-bond acceptors (Lipinski definition) is 6. The molecule has 0 aliphatic carbocycles. The van der Waals surface area contributed by atoms with Crippen LogP contribution in [-0.2, 0) is 0 Å². The number of ether oxygens (including phenoxy) is 1. The molecular formula is C17H10N2O6. The van der Waals surface area contributed by atoms with E-state index in [-0.39, 0.29) is 34.3 Å². The first-order valence-electron chi connectivity index (χ1n) is 7.20. The fourth-order valence-corrected chi connectivity index (χ4v) is 2.79. The van der Waals surface area contributed by atoms with Crippen LogP contribution in [0.3, 0.4) is 0 Å². The van der Waals surface area contributed by atoms with Crippen LogP contribution in [0.4, 0.5) is 5.69 Å². The Labute approximate surface area is 139 Å². The zero-order valence-corrected chi connectivity index (χ0v) is 12.5. The Morgan fingerprint density at radius 1 is 1.20 bits per heavy atom. The molecule has 0 radical (unpaired) electrons. The van der Waals surface area contributed by atoms with Gasteiger partial charge in [0.05, 0.1) is 10.4 Å². The number of hydrogen-bond donors (Lipinski definition) is 3. The molecule has 0 saturated heterocycles. The number of nitrogens with zero attached hydrogens (tertiary/aromatic N) is 1. The first-order chi connectivity index (χ1) is 11.9. The van der Waals surface area contributed by atoms with Crippen LogP contribution < -0.4 is 4.74 Å². The van der Waals surface area contributed by atoms with Crippen molar-refractivity contribution in [1.29, 1.82) is 0 Å².